The molecule has 1 unspecified atom stereocenters. The molecule has 3 aromatic rings. The summed E-state index contributed by atoms with van der Waals surface area (Å²) >= 11 is 0. The molecule has 1 heterocycles. The van der Waals surface area contributed by atoms with Crippen LogP contribution in [0.5, 0.6) is 5.75 Å². The summed E-state index contributed by atoms with van der Waals surface area (Å²) in [6.45, 7) is 1.95. The van der Waals surface area contributed by atoms with Gasteiger partial charge in [0.05, 0.1) is 18.2 Å². The molecule has 162 valence electrons. The van der Waals surface area contributed by atoms with Gasteiger partial charge in [-0.25, -0.2) is 4.79 Å². The van der Waals surface area contributed by atoms with Crippen LogP contribution in [0, 0.1) is 0 Å². The number of fused-ring (bicyclic) bond motifs is 1. The number of benzene rings is 3. The van der Waals surface area contributed by atoms with Crippen molar-refractivity contribution in [2.75, 3.05) is 7.11 Å². The maximum absolute atomic E-state index is 13.1. The molecule has 6 nitrogen and oxygen atoms in total. The Balaban J connectivity index is 1.61. The molecule has 1 aliphatic rings. The first kappa shape index (κ1) is 21.3. The van der Waals surface area contributed by atoms with E-state index >= 15 is 0 Å². The van der Waals surface area contributed by atoms with Gasteiger partial charge in [0.2, 0.25) is 0 Å². The Kier molecular flexibility index (Phi) is 5.77. The third-order valence-electron chi connectivity index (χ3n) is 5.61. The van der Waals surface area contributed by atoms with Gasteiger partial charge in [-0.2, -0.15) is 0 Å². The molecule has 1 aliphatic heterocycles. The predicted octanol–water partition coefficient (Wildman–Crippen LogP) is 4.04. The Bertz CT molecular complexity index is 1140. The second-order valence-corrected chi connectivity index (χ2v) is 7.86. The fraction of sp³-hybridized carbons (Fsp3) is 0.192. The van der Waals surface area contributed by atoms with Gasteiger partial charge in [0, 0.05) is 6.42 Å². The normalized spacial score (nSPS) is 14.6. The van der Waals surface area contributed by atoms with Gasteiger partial charge in [0.1, 0.15) is 17.9 Å². The zero-order valence-corrected chi connectivity index (χ0v) is 17.9. The van der Waals surface area contributed by atoms with Crippen LogP contribution in [-0.2, 0) is 22.6 Å². The predicted molar refractivity (Wildman–Crippen MR) is 118 cm³/mol. The molecule has 0 saturated heterocycles. The van der Waals surface area contributed by atoms with Gasteiger partial charge in [-0.05, 0) is 42.3 Å². The number of carbonyl (C=O) groups is 3. The third kappa shape index (κ3) is 3.87. The number of imide groups is 1. The molecule has 2 amide bonds. The molecule has 0 bridgehead atoms. The first-order chi connectivity index (χ1) is 15.4. The van der Waals surface area contributed by atoms with E-state index in [0.29, 0.717) is 12.4 Å². The van der Waals surface area contributed by atoms with Gasteiger partial charge in [-0.1, -0.05) is 54.6 Å². The maximum Gasteiger partial charge on any atom is 0.332 e. The van der Waals surface area contributed by atoms with E-state index in [1.807, 2.05) is 54.6 Å². The van der Waals surface area contributed by atoms with E-state index in [1.165, 1.54) is 7.11 Å². The molecular weight excluding hydrogens is 406 g/mol. The maximum atomic E-state index is 13.1. The van der Waals surface area contributed by atoms with Crippen molar-refractivity contribution in [2.24, 2.45) is 0 Å². The number of esters is 1. The average Bonchev–Trinajstić information content (AvgIpc) is 3.08. The number of rotatable bonds is 7. The van der Waals surface area contributed by atoms with Gasteiger partial charge < -0.3 is 9.47 Å². The number of amides is 2. The van der Waals surface area contributed by atoms with Gasteiger partial charge in [0.15, 0.2) is 0 Å². The van der Waals surface area contributed by atoms with E-state index in [-0.39, 0.29) is 17.5 Å². The monoisotopic (exact) mass is 429 g/mol. The molecule has 1 atom stereocenters. The van der Waals surface area contributed by atoms with Crippen molar-refractivity contribution in [1.29, 1.82) is 0 Å². The molecule has 0 spiro atoms. The van der Waals surface area contributed by atoms with E-state index in [1.54, 1.807) is 31.2 Å². The number of methoxy groups -OCH3 is 1. The second-order valence-electron chi connectivity index (χ2n) is 7.86. The molecular formula is C26H23NO5. The van der Waals surface area contributed by atoms with Crippen molar-refractivity contribution in [3.05, 3.63) is 101 Å². The number of nitrogens with zero attached hydrogens (tertiary/aromatic N) is 1. The topological polar surface area (TPSA) is 72.9 Å². The fourth-order valence-electron chi connectivity index (χ4n) is 3.98. The number of hydrogen-bond acceptors (Lipinski definition) is 5. The largest absolute Gasteiger partial charge is 0.489 e. The van der Waals surface area contributed by atoms with Crippen molar-refractivity contribution < 1.29 is 23.9 Å². The van der Waals surface area contributed by atoms with Crippen molar-refractivity contribution in [3.8, 4) is 5.75 Å². The van der Waals surface area contributed by atoms with Crippen LogP contribution >= 0.6 is 0 Å². The van der Waals surface area contributed by atoms with Crippen LogP contribution in [0.1, 0.15) is 38.8 Å². The summed E-state index contributed by atoms with van der Waals surface area (Å²) in [5.41, 5.74) is 0.823. The Morgan fingerprint density at radius 1 is 0.844 bits per heavy atom. The first-order valence-electron chi connectivity index (χ1n) is 10.3. The molecule has 0 N–H and O–H groups in total. The van der Waals surface area contributed by atoms with E-state index in [2.05, 4.69) is 0 Å². The number of carbonyl (C=O) groups excluding carboxylic acids is 3. The minimum atomic E-state index is -1.51. The SMILES string of the molecule is COC(=O)C(C)(Cc1cccc(OCc2ccccc2)c1)N1C(=O)c2ccccc2C1=O. The van der Waals surface area contributed by atoms with Crippen LogP contribution in [0.25, 0.3) is 0 Å². The highest BCUT2D eigenvalue weighted by Crippen LogP contribution is 2.33. The zero-order valence-electron chi connectivity index (χ0n) is 17.9. The number of hydrogen-bond donors (Lipinski definition) is 0. The minimum absolute atomic E-state index is 0.0910. The van der Waals surface area contributed by atoms with Crippen LogP contribution in [0.2, 0.25) is 0 Å². The summed E-state index contributed by atoms with van der Waals surface area (Å²) in [7, 11) is 1.25. The van der Waals surface area contributed by atoms with Crippen molar-refractivity contribution in [3.63, 3.8) is 0 Å². The lowest BCUT2D eigenvalue weighted by atomic mass is 9.90. The van der Waals surface area contributed by atoms with E-state index in [9.17, 15) is 14.4 Å². The summed E-state index contributed by atoms with van der Waals surface area (Å²) in [6.07, 6.45) is 0.0910. The lowest BCUT2D eigenvalue weighted by molar-refractivity contribution is -0.151. The molecule has 4 rings (SSSR count). The molecule has 0 aromatic heterocycles. The van der Waals surface area contributed by atoms with Crippen LogP contribution in [-0.4, -0.2) is 35.3 Å². The van der Waals surface area contributed by atoms with E-state index in [4.69, 9.17) is 9.47 Å². The minimum Gasteiger partial charge on any atom is -0.489 e. The standard InChI is InChI=1S/C26H23NO5/c1-26(25(30)31-2,27-23(28)21-13-6-7-14-22(21)24(27)29)16-19-11-8-12-20(15-19)32-17-18-9-4-3-5-10-18/h3-15H,16-17H2,1-2H3. The lowest BCUT2D eigenvalue weighted by Crippen LogP contribution is -2.57. The van der Waals surface area contributed by atoms with Crippen molar-refractivity contribution in [2.45, 2.75) is 25.5 Å². The van der Waals surface area contributed by atoms with E-state index < -0.39 is 23.3 Å². The molecule has 0 radical (unpaired) electrons. The Morgan fingerprint density at radius 3 is 2.06 bits per heavy atom. The molecule has 0 fully saturated rings. The Labute approximate surface area is 186 Å². The zero-order chi connectivity index (χ0) is 22.7. The van der Waals surface area contributed by atoms with Crippen LogP contribution < -0.4 is 4.74 Å². The van der Waals surface area contributed by atoms with Crippen LogP contribution in [0.3, 0.4) is 0 Å². The quantitative estimate of drug-likeness (QED) is 0.419. The summed E-state index contributed by atoms with van der Waals surface area (Å²) in [5.74, 6) is -1.05. The van der Waals surface area contributed by atoms with Gasteiger partial charge in [-0.3, -0.25) is 14.5 Å². The number of ether oxygens (including phenoxy) is 2. The Morgan fingerprint density at radius 2 is 1.44 bits per heavy atom. The van der Waals surface area contributed by atoms with E-state index in [0.717, 1.165) is 16.0 Å². The highest BCUT2D eigenvalue weighted by molar-refractivity contribution is 6.23. The molecule has 0 aliphatic carbocycles. The van der Waals surface area contributed by atoms with Crippen molar-refractivity contribution in [1.82, 2.24) is 4.90 Å². The molecule has 3 aromatic carbocycles. The second kappa shape index (κ2) is 8.67. The van der Waals surface area contributed by atoms with Crippen molar-refractivity contribution >= 4 is 17.8 Å². The molecule has 6 heteroatoms. The Hall–Kier alpha value is -3.93. The summed E-state index contributed by atoms with van der Waals surface area (Å²) in [4.78, 5) is 40.0. The first-order valence-corrected chi connectivity index (χ1v) is 10.3. The summed E-state index contributed by atoms with van der Waals surface area (Å²) in [6, 6.07) is 23.6. The highest BCUT2D eigenvalue weighted by atomic mass is 16.5. The molecule has 0 saturated carbocycles. The van der Waals surface area contributed by atoms with Gasteiger partial charge in [-0.15, -0.1) is 0 Å². The average molecular weight is 429 g/mol. The smallest absolute Gasteiger partial charge is 0.332 e. The van der Waals surface area contributed by atoms with Gasteiger partial charge >= 0.3 is 5.97 Å². The van der Waals surface area contributed by atoms with Gasteiger partial charge in [0.25, 0.3) is 11.8 Å². The summed E-state index contributed by atoms with van der Waals surface area (Å²) in [5, 5.41) is 0. The van der Waals surface area contributed by atoms with Crippen LogP contribution in [0.4, 0.5) is 0 Å². The summed E-state index contributed by atoms with van der Waals surface area (Å²) < 4.78 is 10.9. The third-order valence-corrected chi connectivity index (χ3v) is 5.61. The van der Waals surface area contributed by atoms with Crippen LogP contribution in [0.15, 0.2) is 78.9 Å². The molecule has 32 heavy (non-hydrogen) atoms. The highest BCUT2D eigenvalue weighted by Gasteiger charge is 2.51. The fourth-order valence-corrected chi connectivity index (χ4v) is 3.98. The lowest BCUT2D eigenvalue weighted by Gasteiger charge is -2.34.